The molecule has 0 bridgehead atoms. The predicted octanol–water partition coefficient (Wildman–Crippen LogP) is 3.53. The van der Waals surface area contributed by atoms with Crippen molar-refractivity contribution in [3.05, 3.63) is 36.7 Å². The maximum absolute atomic E-state index is 14.5. The van der Waals surface area contributed by atoms with E-state index in [-0.39, 0.29) is 17.8 Å². The van der Waals surface area contributed by atoms with Crippen LogP contribution < -0.4 is 10.1 Å². The van der Waals surface area contributed by atoms with Gasteiger partial charge in [-0.1, -0.05) is 0 Å². The second-order valence-corrected chi connectivity index (χ2v) is 7.60. The number of nitrogens with zero attached hydrogens (tertiary/aromatic N) is 4. The Morgan fingerprint density at radius 2 is 2.13 bits per heavy atom. The maximum atomic E-state index is 14.5. The van der Waals surface area contributed by atoms with E-state index in [2.05, 4.69) is 25.3 Å². The molecule has 30 heavy (non-hydrogen) atoms. The molecule has 0 radical (unpaired) electrons. The number of aromatic amines is 1. The molecule has 5 rings (SSSR count). The molecular formula is C21H23FN6O2. The van der Waals surface area contributed by atoms with E-state index in [9.17, 15) is 9.50 Å². The highest BCUT2D eigenvalue weighted by Gasteiger charge is 2.22. The van der Waals surface area contributed by atoms with Crippen molar-refractivity contribution >= 4 is 22.6 Å². The summed E-state index contributed by atoms with van der Waals surface area (Å²) in [4.78, 5) is 16.4. The summed E-state index contributed by atoms with van der Waals surface area (Å²) >= 11 is 0. The van der Waals surface area contributed by atoms with E-state index in [1.165, 1.54) is 6.07 Å². The fourth-order valence-electron chi connectivity index (χ4n) is 4.07. The lowest BCUT2D eigenvalue weighted by Crippen LogP contribution is -2.29. The molecule has 1 aliphatic carbocycles. The minimum atomic E-state index is -0.400. The Morgan fingerprint density at radius 3 is 2.93 bits per heavy atom. The normalized spacial score (nSPS) is 19.4. The van der Waals surface area contributed by atoms with Gasteiger partial charge in [-0.05, 0) is 38.7 Å². The average molecular weight is 410 g/mol. The largest absolute Gasteiger partial charge is 0.477 e. The van der Waals surface area contributed by atoms with E-state index in [0.717, 1.165) is 31.2 Å². The molecule has 1 aliphatic rings. The van der Waals surface area contributed by atoms with Crippen LogP contribution in [0, 0.1) is 5.82 Å². The Kier molecular flexibility index (Phi) is 4.74. The molecule has 4 aromatic rings. The number of anilines is 1. The van der Waals surface area contributed by atoms with Gasteiger partial charge in [0, 0.05) is 42.0 Å². The summed E-state index contributed by atoms with van der Waals surface area (Å²) in [6.45, 7) is 2.34. The molecule has 0 aliphatic heterocycles. The predicted molar refractivity (Wildman–Crippen MR) is 111 cm³/mol. The third kappa shape index (κ3) is 3.35. The van der Waals surface area contributed by atoms with E-state index in [4.69, 9.17) is 4.74 Å². The van der Waals surface area contributed by atoms with Gasteiger partial charge < -0.3 is 24.5 Å². The zero-order valence-electron chi connectivity index (χ0n) is 16.6. The number of nitrogens with one attached hydrogen (secondary N) is 2. The van der Waals surface area contributed by atoms with E-state index in [1.807, 2.05) is 13.1 Å². The molecule has 0 spiro atoms. The number of pyridine rings is 1. The molecule has 1 fully saturated rings. The molecule has 1 saturated carbocycles. The summed E-state index contributed by atoms with van der Waals surface area (Å²) in [6, 6.07) is 1.67. The highest BCUT2D eigenvalue weighted by molar-refractivity contribution is 5.97. The third-order valence-electron chi connectivity index (χ3n) is 5.56. The van der Waals surface area contributed by atoms with E-state index in [1.54, 1.807) is 23.0 Å². The SMILES string of the molecule is CCOc1nc(NC2CCC(O)CC2)nc2[nH]cc(-c3cc(F)c4nccn4c3)c12. The number of aliphatic hydroxyl groups excluding tert-OH is 1. The second kappa shape index (κ2) is 7.56. The van der Waals surface area contributed by atoms with Crippen LogP contribution >= 0.6 is 0 Å². The van der Waals surface area contributed by atoms with Crippen molar-refractivity contribution in [2.24, 2.45) is 0 Å². The maximum Gasteiger partial charge on any atom is 0.228 e. The summed E-state index contributed by atoms with van der Waals surface area (Å²) in [6.07, 6.45) is 9.95. The summed E-state index contributed by atoms with van der Waals surface area (Å²) in [7, 11) is 0. The zero-order valence-corrected chi connectivity index (χ0v) is 16.6. The van der Waals surface area contributed by atoms with Gasteiger partial charge in [-0.15, -0.1) is 0 Å². The van der Waals surface area contributed by atoms with Crippen LogP contribution in [0.2, 0.25) is 0 Å². The smallest absolute Gasteiger partial charge is 0.228 e. The summed E-state index contributed by atoms with van der Waals surface area (Å²) in [5, 5.41) is 13.8. The van der Waals surface area contributed by atoms with Crippen molar-refractivity contribution in [2.75, 3.05) is 11.9 Å². The van der Waals surface area contributed by atoms with Crippen molar-refractivity contribution in [2.45, 2.75) is 44.8 Å². The zero-order chi connectivity index (χ0) is 20.7. The average Bonchev–Trinajstić information content (AvgIpc) is 3.37. The van der Waals surface area contributed by atoms with Gasteiger partial charge in [-0.2, -0.15) is 9.97 Å². The fourth-order valence-corrected chi connectivity index (χ4v) is 4.07. The Hall–Kier alpha value is -3.20. The monoisotopic (exact) mass is 410 g/mol. The third-order valence-corrected chi connectivity index (χ3v) is 5.56. The molecule has 0 unspecified atom stereocenters. The quantitative estimate of drug-likeness (QED) is 0.465. The number of imidazole rings is 1. The van der Waals surface area contributed by atoms with Crippen LogP contribution in [-0.4, -0.2) is 48.2 Å². The van der Waals surface area contributed by atoms with Gasteiger partial charge >= 0.3 is 0 Å². The van der Waals surface area contributed by atoms with E-state index >= 15 is 0 Å². The number of aromatic nitrogens is 5. The molecule has 3 N–H and O–H groups in total. The van der Waals surface area contributed by atoms with Gasteiger partial charge in [0.25, 0.3) is 0 Å². The first-order valence-electron chi connectivity index (χ1n) is 10.2. The fraction of sp³-hybridized carbons (Fsp3) is 0.381. The van der Waals surface area contributed by atoms with Gasteiger partial charge in [-0.25, -0.2) is 9.37 Å². The van der Waals surface area contributed by atoms with Gasteiger partial charge in [0.15, 0.2) is 11.5 Å². The standard InChI is InChI=1S/C21H23FN6O2/c1-2-30-20-17-15(12-9-16(22)19-23-7-8-28(19)11-12)10-24-18(17)26-21(27-20)25-13-3-5-14(29)6-4-13/h7-11,13-14,29H,2-6H2,1H3,(H2,24,25,26,27). The number of hydrogen-bond acceptors (Lipinski definition) is 6. The molecule has 156 valence electrons. The minimum absolute atomic E-state index is 0.215. The number of fused-ring (bicyclic) bond motifs is 2. The molecule has 0 amide bonds. The first kappa shape index (κ1) is 18.8. The lowest BCUT2D eigenvalue weighted by molar-refractivity contribution is 0.126. The first-order chi connectivity index (χ1) is 14.6. The van der Waals surface area contributed by atoms with Gasteiger partial charge in [0.1, 0.15) is 5.65 Å². The number of H-pyrrole nitrogens is 1. The Morgan fingerprint density at radius 1 is 1.30 bits per heavy atom. The van der Waals surface area contributed by atoms with Crippen molar-refractivity contribution in [1.29, 1.82) is 0 Å². The summed E-state index contributed by atoms with van der Waals surface area (Å²) < 4.78 is 22.0. The van der Waals surface area contributed by atoms with Crippen LogP contribution in [0.1, 0.15) is 32.6 Å². The number of hydrogen-bond donors (Lipinski definition) is 3. The molecule has 0 saturated heterocycles. The van der Waals surface area contributed by atoms with Crippen molar-refractivity contribution < 1.29 is 14.2 Å². The van der Waals surface area contributed by atoms with Crippen LogP contribution in [-0.2, 0) is 0 Å². The van der Waals surface area contributed by atoms with Gasteiger partial charge in [-0.3, -0.25) is 0 Å². The highest BCUT2D eigenvalue weighted by Crippen LogP contribution is 2.35. The van der Waals surface area contributed by atoms with Crippen molar-refractivity contribution in [3.8, 4) is 17.0 Å². The second-order valence-electron chi connectivity index (χ2n) is 7.60. The number of halogens is 1. The molecule has 0 aromatic carbocycles. The number of aliphatic hydroxyl groups is 1. The number of rotatable bonds is 5. The minimum Gasteiger partial charge on any atom is -0.477 e. The van der Waals surface area contributed by atoms with Crippen LogP contribution in [0.5, 0.6) is 5.88 Å². The lowest BCUT2D eigenvalue weighted by Gasteiger charge is -2.26. The van der Waals surface area contributed by atoms with Crippen molar-refractivity contribution in [1.82, 2.24) is 24.3 Å². The molecule has 4 aromatic heterocycles. The Bertz CT molecular complexity index is 1200. The molecule has 4 heterocycles. The number of ether oxygens (including phenoxy) is 1. The van der Waals surface area contributed by atoms with Crippen LogP contribution in [0.15, 0.2) is 30.9 Å². The van der Waals surface area contributed by atoms with Crippen molar-refractivity contribution in [3.63, 3.8) is 0 Å². The lowest BCUT2D eigenvalue weighted by atomic mass is 9.93. The van der Waals surface area contributed by atoms with Crippen LogP contribution in [0.3, 0.4) is 0 Å². The van der Waals surface area contributed by atoms with Crippen LogP contribution in [0.4, 0.5) is 10.3 Å². The summed E-state index contributed by atoms with van der Waals surface area (Å²) in [5.41, 5.74) is 2.34. The molecule has 0 atom stereocenters. The molecular weight excluding hydrogens is 387 g/mol. The summed E-state index contributed by atoms with van der Waals surface area (Å²) in [5.74, 6) is 0.531. The highest BCUT2D eigenvalue weighted by atomic mass is 19.1. The van der Waals surface area contributed by atoms with Gasteiger partial charge in [0.2, 0.25) is 11.8 Å². The van der Waals surface area contributed by atoms with E-state index < -0.39 is 5.82 Å². The van der Waals surface area contributed by atoms with E-state index in [0.29, 0.717) is 35.0 Å². The van der Waals surface area contributed by atoms with Gasteiger partial charge in [0.05, 0.1) is 18.1 Å². The molecule has 8 nitrogen and oxygen atoms in total. The van der Waals surface area contributed by atoms with Crippen LogP contribution in [0.25, 0.3) is 27.8 Å². The topological polar surface area (TPSA) is 100 Å². The Labute approximate surface area is 172 Å². The Balaban J connectivity index is 1.55. The molecule has 9 heteroatoms. The first-order valence-corrected chi connectivity index (χ1v) is 10.2.